The van der Waals surface area contributed by atoms with E-state index < -0.39 is 12.0 Å². The molecule has 0 amide bonds. The minimum atomic E-state index is -0.816. The summed E-state index contributed by atoms with van der Waals surface area (Å²) in [6, 6.07) is 9.11. The maximum absolute atomic E-state index is 10.9. The predicted molar refractivity (Wildman–Crippen MR) is 55.3 cm³/mol. The van der Waals surface area contributed by atoms with Crippen molar-refractivity contribution in [1.29, 1.82) is 0 Å². The van der Waals surface area contributed by atoms with E-state index in [0.717, 1.165) is 5.56 Å². The molecule has 14 heavy (non-hydrogen) atoms. The topological polar surface area (TPSA) is 49.3 Å². The quantitative estimate of drug-likeness (QED) is 0.761. The number of carboxylic acids is 1. The summed E-state index contributed by atoms with van der Waals surface area (Å²) in [5.41, 5.74) is 1.04. The van der Waals surface area contributed by atoms with E-state index in [1.54, 1.807) is 7.05 Å². The van der Waals surface area contributed by atoms with Gasteiger partial charge in [-0.25, -0.2) is 0 Å². The van der Waals surface area contributed by atoms with Gasteiger partial charge in [-0.2, -0.15) is 0 Å². The van der Waals surface area contributed by atoms with Gasteiger partial charge in [0.1, 0.15) is 6.04 Å². The van der Waals surface area contributed by atoms with Crippen LogP contribution in [-0.4, -0.2) is 24.2 Å². The van der Waals surface area contributed by atoms with Crippen LogP contribution < -0.4 is 5.32 Å². The minimum absolute atomic E-state index is 0.0290. The van der Waals surface area contributed by atoms with Gasteiger partial charge in [0, 0.05) is 5.92 Å². The number of benzene rings is 1. The summed E-state index contributed by atoms with van der Waals surface area (Å²) in [4.78, 5) is 10.9. The molecule has 0 aliphatic rings. The number of rotatable bonds is 4. The monoisotopic (exact) mass is 193 g/mol. The fourth-order valence-corrected chi connectivity index (χ4v) is 1.54. The lowest BCUT2D eigenvalue weighted by Gasteiger charge is -2.19. The van der Waals surface area contributed by atoms with E-state index in [-0.39, 0.29) is 5.92 Å². The van der Waals surface area contributed by atoms with Gasteiger partial charge in [0.05, 0.1) is 0 Å². The van der Waals surface area contributed by atoms with Crippen molar-refractivity contribution >= 4 is 5.97 Å². The first-order chi connectivity index (χ1) is 6.66. The molecule has 0 fully saturated rings. The first kappa shape index (κ1) is 10.7. The van der Waals surface area contributed by atoms with Crippen molar-refractivity contribution in [3.05, 3.63) is 35.9 Å². The molecule has 0 aliphatic heterocycles. The summed E-state index contributed by atoms with van der Waals surface area (Å²) >= 11 is 0. The fraction of sp³-hybridized carbons (Fsp3) is 0.364. The largest absolute Gasteiger partial charge is 0.480 e. The highest BCUT2D eigenvalue weighted by Gasteiger charge is 2.23. The van der Waals surface area contributed by atoms with Crippen LogP contribution in [0.1, 0.15) is 18.4 Å². The molecule has 1 aromatic rings. The lowest BCUT2D eigenvalue weighted by Crippen LogP contribution is -2.38. The van der Waals surface area contributed by atoms with Crippen LogP contribution in [-0.2, 0) is 4.79 Å². The number of likely N-dealkylation sites (N-methyl/N-ethyl adjacent to an activating group) is 1. The molecule has 0 bridgehead atoms. The van der Waals surface area contributed by atoms with Crippen LogP contribution in [0.4, 0.5) is 0 Å². The average molecular weight is 193 g/mol. The molecule has 0 radical (unpaired) electrons. The Balaban J connectivity index is 2.83. The first-order valence-electron chi connectivity index (χ1n) is 4.62. The third-order valence-electron chi connectivity index (χ3n) is 2.40. The number of nitrogens with one attached hydrogen (secondary N) is 1. The molecule has 3 heteroatoms. The third kappa shape index (κ3) is 2.33. The van der Waals surface area contributed by atoms with Crippen LogP contribution in [0.25, 0.3) is 0 Å². The second-order valence-corrected chi connectivity index (χ2v) is 3.30. The molecule has 0 aromatic heterocycles. The summed E-state index contributed by atoms with van der Waals surface area (Å²) < 4.78 is 0. The van der Waals surface area contributed by atoms with Crippen LogP contribution in [0.5, 0.6) is 0 Å². The van der Waals surface area contributed by atoms with Gasteiger partial charge in [0.25, 0.3) is 0 Å². The summed E-state index contributed by atoms with van der Waals surface area (Å²) in [7, 11) is 1.66. The van der Waals surface area contributed by atoms with Crippen LogP contribution in [0, 0.1) is 0 Å². The summed E-state index contributed by atoms with van der Waals surface area (Å²) in [5, 5.41) is 11.7. The van der Waals surface area contributed by atoms with Gasteiger partial charge in [0.15, 0.2) is 0 Å². The predicted octanol–water partition coefficient (Wildman–Crippen LogP) is 1.46. The van der Waals surface area contributed by atoms with E-state index in [1.807, 2.05) is 37.3 Å². The molecule has 2 atom stereocenters. The van der Waals surface area contributed by atoms with Crippen molar-refractivity contribution in [3.63, 3.8) is 0 Å². The number of hydrogen-bond acceptors (Lipinski definition) is 2. The highest BCUT2D eigenvalue weighted by molar-refractivity contribution is 5.74. The zero-order valence-corrected chi connectivity index (χ0v) is 8.40. The van der Waals surface area contributed by atoms with Crippen LogP contribution in [0.15, 0.2) is 30.3 Å². The first-order valence-corrected chi connectivity index (χ1v) is 4.62. The number of carboxylic acid groups (broad SMARTS) is 1. The molecule has 1 unspecified atom stereocenters. The zero-order valence-electron chi connectivity index (χ0n) is 8.40. The number of hydrogen-bond donors (Lipinski definition) is 2. The highest BCUT2D eigenvalue weighted by atomic mass is 16.4. The lowest BCUT2D eigenvalue weighted by atomic mass is 9.93. The molecule has 2 N–H and O–H groups in total. The van der Waals surface area contributed by atoms with Gasteiger partial charge in [-0.1, -0.05) is 37.3 Å². The van der Waals surface area contributed by atoms with Crippen LogP contribution in [0.3, 0.4) is 0 Å². The van der Waals surface area contributed by atoms with E-state index in [2.05, 4.69) is 5.32 Å². The Kier molecular flexibility index (Phi) is 3.65. The molecule has 0 spiro atoms. The molecule has 1 aromatic carbocycles. The second-order valence-electron chi connectivity index (χ2n) is 3.30. The Morgan fingerprint density at radius 1 is 1.36 bits per heavy atom. The molecular formula is C11H15NO2. The number of aliphatic carboxylic acids is 1. The molecule has 0 saturated carbocycles. The maximum atomic E-state index is 10.9. The summed E-state index contributed by atoms with van der Waals surface area (Å²) in [6.45, 7) is 1.91. The van der Waals surface area contributed by atoms with Crippen molar-refractivity contribution < 1.29 is 9.90 Å². The van der Waals surface area contributed by atoms with E-state index >= 15 is 0 Å². The van der Waals surface area contributed by atoms with E-state index in [4.69, 9.17) is 5.11 Å². The molecule has 3 nitrogen and oxygen atoms in total. The zero-order chi connectivity index (χ0) is 10.6. The smallest absolute Gasteiger partial charge is 0.321 e. The van der Waals surface area contributed by atoms with Crippen molar-refractivity contribution in [2.75, 3.05) is 7.05 Å². The molecule has 0 heterocycles. The Morgan fingerprint density at radius 2 is 1.93 bits per heavy atom. The minimum Gasteiger partial charge on any atom is -0.480 e. The van der Waals surface area contributed by atoms with Gasteiger partial charge in [-0.05, 0) is 12.6 Å². The average Bonchev–Trinajstić information content (AvgIpc) is 2.19. The fourth-order valence-electron chi connectivity index (χ4n) is 1.54. The molecule has 0 aliphatic carbocycles. The Labute approximate surface area is 83.8 Å². The summed E-state index contributed by atoms with van der Waals surface area (Å²) in [5.74, 6) is -0.845. The number of carbonyl (C=O) groups is 1. The standard InChI is InChI=1S/C11H15NO2/c1-8(10(12-2)11(13)14)9-6-4-3-5-7-9/h3-8,10,12H,1-2H3,(H,13,14)/t8?,10-/m1/s1. The van der Waals surface area contributed by atoms with Crippen LogP contribution >= 0.6 is 0 Å². The highest BCUT2D eigenvalue weighted by Crippen LogP contribution is 2.18. The third-order valence-corrected chi connectivity index (χ3v) is 2.40. The van der Waals surface area contributed by atoms with Gasteiger partial charge < -0.3 is 10.4 Å². The van der Waals surface area contributed by atoms with Crippen molar-refractivity contribution in [3.8, 4) is 0 Å². The normalized spacial score (nSPS) is 14.7. The lowest BCUT2D eigenvalue weighted by molar-refractivity contribution is -0.139. The second kappa shape index (κ2) is 4.77. The SMILES string of the molecule is CN[C@@H](C(=O)O)C(C)c1ccccc1. The molecule has 1 rings (SSSR count). The summed E-state index contributed by atoms with van der Waals surface area (Å²) in [6.07, 6.45) is 0. The Morgan fingerprint density at radius 3 is 2.36 bits per heavy atom. The molecule has 0 saturated heterocycles. The van der Waals surface area contributed by atoms with Crippen molar-refractivity contribution in [2.45, 2.75) is 18.9 Å². The van der Waals surface area contributed by atoms with Gasteiger partial charge in [-0.3, -0.25) is 4.79 Å². The van der Waals surface area contributed by atoms with E-state index in [1.165, 1.54) is 0 Å². The molecular weight excluding hydrogens is 178 g/mol. The van der Waals surface area contributed by atoms with Crippen molar-refractivity contribution in [2.24, 2.45) is 0 Å². The van der Waals surface area contributed by atoms with Gasteiger partial charge >= 0.3 is 5.97 Å². The maximum Gasteiger partial charge on any atom is 0.321 e. The van der Waals surface area contributed by atoms with E-state index in [9.17, 15) is 4.79 Å². The Hall–Kier alpha value is -1.35. The van der Waals surface area contributed by atoms with Gasteiger partial charge in [-0.15, -0.1) is 0 Å². The Bertz CT molecular complexity index is 297. The van der Waals surface area contributed by atoms with Crippen molar-refractivity contribution in [1.82, 2.24) is 5.32 Å². The van der Waals surface area contributed by atoms with Gasteiger partial charge in [0.2, 0.25) is 0 Å². The van der Waals surface area contributed by atoms with Crippen LogP contribution in [0.2, 0.25) is 0 Å². The molecule has 76 valence electrons. The van der Waals surface area contributed by atoms with E-state index in [0.29, 0.717) is 0 Å².